The minimum atomic E-state index is -0.114. The van der Waals surface area contributed by atoms with Crippen molar-refractivity contribution < 1.29 is 4.79 Å². The molecule has 0 saturated carbocycles. The number of hydrogen-bond donors (Lipinski definition) is 2. The minimum absolute atomic E-state index is 0.114. The maximum atomic E-state index is 11.7. The van der Waals surface area contributed by atoms with Gasteiger partial charge in [0.25, 0.3) is 0 Å². The summed E-state index contributed by atoms with van der Waals surface area (Å²) in [5.41, 5.74) is 2.80. The highest BCUT2D eigenvalue weighted by atomic mass is 16.2. The highest BCUT2D eigenvalue weighted by Crippen LogP contribution is 2.06. The van der Waals surface area contributed by atoms with Crippen LogP contribution in [0.15, 0.2) is 18.6 Å². The zero-order valence-electron chi connectivity index (χ0n) is 9.90. The van der Waals surface area contributed by atoms with E-state index in [-0.39, 0.29) is 12.5 Å². The Morgan fingerprint density at radius 1 is 1.59 bits per heavy atom. The number of anilines is 1. The lowest BCUT2D eigenvalue weighted by Gasteiger charge is -2.01. The first-order chi connectivity index (χ1) is 8.19. The fraction of sp³-hybridized carbons (Fsp3) is 0.364. The number of carbonyl (C=O) groups excluding carboxylic acids is 1. The predicted molar refractivity (Wildman–Crippen MR) is 63.6 cm³/mol. The Hall–Kier alpha value is -2.11. The molecule has 2 rings (SSSR count). The molecule has 0 bridgehead atoms. The molecule has 1 amide bonds. The summed E-state index contributed by atoms with van der Waals surface area (Å²) in [6, 6.07) is 0. The maximum absolute atomic E-state index is 11.7. The molecular weight excluding hydrogens is 218 g/mol. The predicted octanol–water partition coefficient (Wildman–Crippen LogP) is 1.12. The van der Waals surface area contributed by atoms with Crippen molar-refractivity contribution in [2.24, 2.45) is 0 Å². The molecule has 0 spiro atoms. The molecule has 0 aliphatic heterocycles. The fourth-order valence-electron chi connectivity index (χ4n) is 1.65. The molecule has 2 heterocycles. The van der Waals surface area contributed by atoms with E-state index in [9.17, 15) is 4.79 Å². The van der Waals surface area contributed by atoms with Gasteiger partial charge >= 0.3 is 0 Å². The van der Waals surface area contributed by atoms with Gasteiger partial charge in [0.05, 0.1) is 17.6 Å². The summed E-state index contributed by atoms with van der Waals surface area (Å²) >= 11 is 0. The van der Waals surface area contributed by atoms with Crippen LogP contribution in [-0.2, 0) is 17.8 Å². The number of nitrogens with one attached hydrogen (secondary N) is 2. The van der Waals surface area contributed by atoms with Crippen molar-refractivity contribution >= 4 is 11.6 Å². The quantitative estimate of drug-likeness (QED) is 0.830. The third kappa shape index (κ3) is 2.72. The number of nitrogens with zero attached hydrogens (tertiary/aromatic N) is 3. The number of H-pyrrole nitrogens is 1. The molecule has 0 radical (unpaired) electrons. The number of aromatic amines is 1. The summed E-state index contributed by atoms with van der Waals surface area (Å²) in [5, 5.41) is 13.4. The second-order valence-corrected chi connectivity index (χ2v) is 3.83. The van der Waals surface area contributed by atoms with Gasteiger partial charge in [-0.1, -0.05) is 6.92 Å². The Kier molecular flexibility index (Phi) is 3.22. The van der Waals surface area contributed by atoms with Gasteiger partial charge in [0.1, 0.15) is 6.54 Å². The van der Waals surface area contributed by atoms with Crippen LogP contribution in [0, 0.1) is 6.92 Å². The van der Waals surface area contributed by atoms with Gasteiger partial charge in [-0.25, -0.2) is 0 Å². The number of aryl methyl sites for hydroxylation is 2. The number of amides is 1. The Labute approximate surface area is 99.0 Å². The van der Waals surface area contributed by atoms with Gasteiger partial charge in [-0.3, -0.25) is 14.6 Å². The van der Waals surface area contributed by atoms with Gasteiger partial charge in [-0.05, 0) is 18.9 Å². The molecule has 0 unspecified atom stereocenters. The van der Waals surface area contributed by atoms with E-state index in [0.717, 1.165) is 12.1 Å². The van der Waals surface area contributed by atoms with Gasteiger partial charge in [-0.2, -0.15) is 10.2 Å². The zero-order chi connectivity index (χ0) is 12.3. The molecule has 0 fully saturated rings. The molecule has 0 aromatic carbocycles. The van der Waals surface area contributed by atoms with Crippen molar-refractivity contribution in [3.63, 3.8) is 0 Å². The van der Waals surface area contributed by atoms with E-state index in [4.69, 9.17) is 0 Å². The molecule has 90 valence electrons. The van der Waals surface area contributed by atoms with Gasteiger partial charge in [-0.15, -0.1) is 0 Å². The van der Waals surface area contributed by atoms with Gasteiger partial charge in [0.2, 0.25) is 5.91 Å². The van der Waals surface area contributed by atoms with E-state index >= 15 is 0 Å². The van der Waals surface area contributed by atoms with Crippen LogP contribution in [0.2, 0.25) is 0 Å². The molecule has 6 heteroatoms. The monoisotopic (exact) mass is 233 g/mol. The number of hydrogen-bond acceptors (Lipinski definition) is 3. The number of rotatable bonds is 4. The maximum Gasteiger partial charge on any atom is 0.246 e. The summed E-state index contributed by atoms with van der Waals surface area (Å²) < 4.78 is 1.66. The molecule has 2 aromatic rings. The molecule has 0 atom stereocenters. The molecule has 2 N–H and O–H groups in total. The van der Waals surface area contributed by atoms with Crippen LogP contribution in [0.1, 0.15) is 18.2 Å². The highest BCUT2D eigenvalue weighted by molar-refractivity contribution is 5.90. The summed E-state index contributed by atoms with van der Waals surface area (Å²) in [5.74, 6) is -0.114. The SMILES string of the molecule is CCc1cn(CC(=O)Nc2cn[nH]c2)nc1C. The molecule has 0 aliphatic rings. The van der Waals surface area contributed by atoms with Crippen LogP contribution >= 0.6 is 0 Å². The van der Waals surface area contributed by atoms with E-state index in [0.29, 0.717) is 5.69 Å². The van der Waals surface area contributed by atoms with Crippen LogP contribution in [0.3, 0.4) is 0 Å². The Morgan fingerprint density at radius 3 is 3.00 bits per heavy atom. The van der Waals surface area contributed by atoms with Crippen molar-refractivity contribution in [3.8, 4) is 0 Å². The highest BCUT2D eigenvalue weighted by Gasteiger charge is 2.07. The van der Waals surface area contributed by atoms with Crippen LogP contribution in [0.4, 0.5) is 5.69 Å². The normalized spacial score (nSPS) is 10.5. The Bertz CT molecular complexity index is 500. The zero-order valence-corrected chi connectivity index (χ0v) is 9.90. The first-order valence-corrected chi connectivity index (χ1v) is 5.50. The van der Waals surface area contributed by atoms with Crippen molar-refractivity contribution in [1.82, 2.24) is 20.0 Å². The van der Waals surface area contributed by atoms with E-state index in [1.165, 1.54) is 5.56 Å². The van der Waals surface area contributed by atoms with Crippen molar-refractivity contribution in [1.29, 1.82) is 0 Å². The largest absolute Gasteiger partial charge is 0.322 e. The Morgan fingerprint density at radius 2 is 2.41 bits per heavy atom. The average molecular weight is 233 g/mol. The first kappa shape index (κ1) is 11.4. The van der Waals surface area contributed by atoms with E-state index < -0.39 is 0 Å². The smallest absolute Gasteiger partial charge is 0.246 e. The van der Waals surface area contributed by atoms with Gasteiger partial charge in [0, 0.05) is 12.4 Å². The number of carbonyl (C=O) groups is 1. The van der Waals surface area contributed by atoms with Gasteiger partial charge < -0.3 is 5.32 Å². The van der Waals surface area contributed by atoms with Crippen LogP contribution < -0.4 is 5.32 Å². The lowest BCUT2D eigenvalue weighted by atomic mass is 10.2. The summed E-state index contributed by atoms with van der Waals surface area (Å²) in [6.07, 6.45) is 6.02. The molecule has 2 aromatic heterocycles. The van der Waals surface area contributed by atoms with Gasteiger partial charge in [0.15, 0.2) is 0 Å². The molecule has 0 aliphatic carbocycles. The molecule has 17 heavy (non-hydrogen) atoms. The van der Waals surface area contributed by atoms with Crippen molar-refractivity contribution in [2.45, 2.75) is 26.8 Å². The third-order valence-electron chi connectivity index (χ3n) is 2.52. The minimum Gasteiger partial charge on any atom is -0.322 e. The number of aromatic nitrogens is 4. The lowest BCUT2D eigenvalue weighted by molar-refractivity contribution is -0.116. The van der Waals surface area contributed by atoms with Crippen LogP contribution in [0.5, 0.6) is 0 Å². The molecular formula is C11H15N5O. The summed E-state index contributed by atoms with van der Waals surface area (Å²) in [4.78, 5) is 11.7. The fourth-order valence-corrected chi connectivity index (χ4v) is 1.65. The second-order valence-electron chi connectivity index (χ2n) is 3.83. The summed E-state index contributed by atoms with van der Waals surface area (Å²) in [6.45, 7) is 4.23. The molecule has 0 saturated heterocycles. The van der Waals surface area contributed by atoms with E-state index in [1.54, 1.807) is 17.1 Å². The average Bonchev–Trinajstić information content (AvgIpc) is 2.88. The lowest BCUT2D eigenvalue weighted by Crippen LogP contribution is -2.18. The topological polar surface area (TPSA) is 75.6 Å². The Balaban J connectivity index is 1.98. The standard InChI is InChI=1S/C11H15N5O/c1-3-9-6-16(15-8(9)2)7-11(17)14-10-4-12-13-5-10/h4-6H,3,7H2,1-2H3,(H,12,13)(H,14,17). The van der Waals surface area contributed by atoms with Crippen molar-refractivity contribution in [3.05, 3.63) is 29.8 Å². The third-order valence-corrected chi connectivity index (χ3v) is 2.52. The van der Waals surface area contributed by atoms with E-state index in [1.807, 2.05) is 13.1 Å². The first-order valence-electron chi connectivity index (χ1n) is 5.50. The van der Waals surface area contributed by atoms with Crippen molar-refractivity contribution in [2.75, 3.05) is 5.32 Å². The van der Waals surface area contributed by atoms with E-state index in [2.05, 4.69) is 27.5 Å². The summed E-state index contributed by atoms with van der Waals surface area (Å²) in [7, 11) is 0. The van der Waals surface area contributed by atoms with Crippen LogP contribution in [0.25, 0.3) is 0 Å². The molecule has 6 nitrogen and oxygen atoms in total. The second kappa shape index (κ2) is 4.82. The van der Waals surface area contributed by atoms with Crippen LogP contribution in [-0.4, -0.2) is 25.9 Å².